The minimum atomic E-state index is -0.566. The number of nitrogens with one attached hydrogen (secondary N) is 1. The van der Waals surface area contributed by atoms with Crippen LogP contribution in [0.25, 0.3) is 0 Å². The van der Waals surface area contributed by atoms with E-state index in [1.807, 2.05) is 6.92 Å². The normalized spacial score (nSPS) is 10.9. The van der Waals surface area contributed by atoms with Gasteiger partial charge in [-0.3, -0.25) is 14.9 Å². The fourth-order valence-corrected chi connectivity index (χ4v) is 2.02. The average molecular weight is 351 g/mol. The molecule has 1 aromatic carbocycles. The fourth-order valence-electron chi connectivity index (χ4n) is 2.02. The molecule has 0 fully saturated rings. The number of carbonyl (C=O) groups is 2. The van der Waals surface area contributed by atoms with Crippen LogP contribution in [-0.2, 0) is 16.0 Å². The number of ether oxygens (including phenoxy) is 1. The van der Waals surface area contributed by atoms with Crippen LogP contribution in [0.15, 0.2) is 24.3 Å². The van der Waals surface area contributed by atoms with Crippen molar-refractivity contribution >= 4 is 17.7 Å². The Labute approximate surface area is 147 Å². The largest absolute Gasteiger partial charge is 0.444 e. The monoisotopic (exact) mass is 351 g/mol. The van der Waals surface area contributed by atoms with Gasteiger partial charge in [0.2, 0.25) is 5.91 Å². The Morgan fingerprint density at radius 2 is 1.84 bits per heavy atom. The summed E-state index contributed by atoms with van der Waals surface area (Å²) in [6, 6.07) is 5.83. The van der Waals surface area contributed by atoms with Gasteiger partial charge in [0.15, 0.2) is 0 Å². The van der Waals surface area contributed by atoms with Crippen LogP contribution >= 0.6 is 0 Å². The van der Waals surface area contributed by atoms with Crippen LogP contribution in [-0.4, -0.2) is 47.1 Å². The predicted octanol–water partition coefficient (Wildman–Crippen LogP) is 2.51. The molecule has 8 heteroatoms. The van der Waals surface area contributed by atoms with Crippen molar-refractivity contribution < 1.29 is 19.2 Å². The molecule has 0 aliphatic rings. The van der Waals surface area contributed by atoms with Crippen LogP contribution in [0.5, 0.6) is 0 Å². The number of hydrogen-bond donors (Lipinski definition) is 1. The smallest absolute Gasteiger partial charge is 0.410 e. The first-order valence-electron chi connectivity index (χ1n) is 8.10. The van der Waals surface area contributed by atoms with Gasteiger partial charge in [-0.15, -0.1) is 0 Å². The van der Waals surface area contributed by atoms with Gasteiger partial charge < -0.3 is 15.0 Å². The Hall–Kier alpha value is -2.64. The Morgan fingerprint density at radius 1 is 1.24 bits per heavy atom. The molecule has 0 bridgehead atoms. The van der Waals surface area contributed by atoms with E-state index in [0.29, 0.717) is 25.2 Å². The van der Waals surface area contributed by atoms with Crippen LogP contribution < -0.4 is 5.32 Å². The van der Waals surface area contributed by atoms with Gasteiger partial charge >= 0.3 is 6.09 Å². The summed E-state index contributed by atoms with van der Waals surface area (Å²) in [5.41, 5.74) is 0.103. The highest BCUT2D eigenvalue weighted by atomic mass is 16.6. The lowest BCUT2D eigenvalue weighted by molar-refractivity contribution is -0.384. The zero-order chi connectivity index (χ0) is 19.0. The van der Waals surface area contributed by atoms with E-state index in [1.54, 1.807) is 32.9 Å². The number of carbonyl (C=O) groups excluding carboxylic acids is 2. The summed E-state index contributed by atoms with van der Waals surface area (Å²) in [6.45, 7) is 8.35. The SMILES string of the molecule is CCN(CCNC(=O)Cc1ccc([N+](=O)[O-])cc1)C(=O)OC(C)(C)C. The molecule has 1 N–H and O–H groups in total. The van der Waals surface area contributed by atoms with Crippen molar-refractivity contribution in [3.05, 3.63) is 39.9 Å². The maximum absolute atomic E-state index is 12.0. The van der Waals surface area contributed by atoms with Crippen LogP contribution in [0.4, 0.5) is 10.5 Å². The molecule has 0 saturated carbocycles. The third-order valence-corrected chi connectivity index (χ3v) is 3.25. The lowest BCUT2D eigenvalue weighted by Gasteiger charge is -2.26. The molecule has 1 rings (SSSR count). The van der Waals surface area contributed by atoms with Gasteiger partial charge in [0, 0.05) is 31.8 Å². The molecule has 8 nitrogen and oxygen atoms in total. The van der Waals surface area contributed by atoms with E-state index in [4.69, 9.17) is 4.74 Å². The van der Waals surface area contributed by atoms with Crippen molar-refractivity contribution in [3.63, 3.8) is 0 Å². The van der Waals surface area contributed by atoms with Gasteiger partial charge in [0.1, 0.15) is 5.60 Å². The molecule has 138 valence electrons. The highest BCUT2D eigenvalue weighted by molar-refractivity contribution is 5.78. The van der Waals surface area contributed by atoms with Gasteiger partial charge in [-0.05, 0) is 33.3 Å². The number of hydrogen-bond acceptors (Lipinski definition) is 5. The second-order valence-corrected chi connectivity index (χ2v) is 6.51. The Balaban J connectivity index is 2.42. The summed E-state index contributed by atoms with van der Waals surface area (Å²) in [5.74, 6) is -0.214. The molecular weight excluding hydrogens is 326 g/mol. The second kappa shape index (κ2) is 9.00. The van der Waals surface area contributed by atoms with Gasteiger partial charge in [0.05, 0.1) is 11.3 Å². The molecule has 0 heterocycles. The molecule has 2 amide bonds. The minimum absolute atomic E-state index is 0.0138. The summed E-state index contributed by atoms with van der Waals surface area (Å²) in [5, 5.41) is 13.3. The molecule has 0 saturated heterocycles. The summed E-state index contributed by atoms with van der Waals surface area (Å²) < 4.78 is 5.29. The maximum Gasteiger partial charge on any atom is 0.410 e. The zero-order valence-corrected chi connectivity index (χ0v) is 15.1. The molecule has 1 aromatic rings. The molecule has 0 spiro atoms. The van der Waals surface area contributed by atoms with Crippen molar-refractivity contribution in [1.29, 1.82) is 0 Å². The molecular formula is C17H25N3O5. The molecule has 0 unspecified atom stereocenters. The van der Waals surface area contributed by atoms with Crippen LogP contribution in [0.3, 0.4) is 0 Å². The van der Waals surface area contributed by atoms with Crippen LogP contribution in [0, 0.1) is 10.1 Å². The Kier molecular flexibility index (Phi) is 7.35. The van der Waals surface area contributed by atoms with Crippen molar-refractivity contribution in [2.45, 2.75) is 39.7 Å². The van der Waals surface area contributed by atoms with E-state index < -0.39 is 16.6 Å². The van der Waals surface area contributed by atoms with Crippen LogP contribution in [0.2, 0.25) is 0 Å². The number of rotatable bonds is 7. The lowest BCUT2D eigenvalue weighted by Crippen LogP contribution is -2.41. The van der Waals surface area contributed by atoms with Gasteiger partial charge in [-0.1, -0.05) is 12.1 Å². The number of amides is 2. The fraction of sp³-hybridized carbons (Fsp3) is 0.529. The van der Waals surface area contributed by atoms with Gasteiger partial charge in [0.25, 0.3) is 5.69 Å². The van der Waals surface area contributed by atoms with E-state index in [1.165, 1.54) is 17.0 Å². The van der Waals surface area contributed by atoms with Crippen LogP contribution in [0.1, 0.15) is 33.3 Å². The minimum Gasteiger partial charge on any atom is -0.444 e. The average Bonchev–Trinajstić information content (AvgIpc) is 2.50. The Morgan fingerprint density at radius 3 is 2.32 bits per heavy atom. The standard InChI is InChI=1S/C17H25N3O5/c1-5-19(16(22)25-17(2,3)4)11-10-18-15(21)12-13-6-8-14(9-7-13)20(23)24/h6-9H,5,10-12H2,1-4H3,(H,18,21). The zero-order valence-electron chi connectivity index (χ0n) is 15.1. The topological polar surface area (TPSA) is 102 Å². The number of non-ortho nitro benzene ring substituents is 1. The van der Waals surface area contributed by atoms with E-state index in [9.17, 15) is 19.7 Å². The first kappa shape index (κ1) is 20.4. The lowest BCUT2D eigenvalue weighted by atomic mass is 10.1. The third kappa shape index (κ3) is 7.65. The van der Waals surface area contributed by atoms with Gasteiger partial charge in [-0.2, -0.15) is 0 Å². The van der Waals surface area contributed by atoms with Crippen molar-refractivity contribution in [1.82, 2.24) is 10.2 Å². The molecule has 0 aliphatic carbocycles. The summed E-state index contributed by atoms with van der Waals surface area (Å²) >= 11 is 0. The maximum atomic E-state index is 12.0. The molecule has 0 radical (unpaired) electrons. The highest BCUT2D eigenvalue weighted by Crippen LogP contribution is 2.12. The number of nitro benzene ring substituents is 1. The molecule has 0 aliphatic heterocycles. The van der Waals surface area contributed by atoms with E-state index in [2.05, 4.69) is 5.32 Å². The van der Waals surface area contributed by atoms with E-state index in [0.717, 1.165) is 0 Å². The number of benzene rings is 1. The third-order valence-electron chi connectivity index (χ3n) is 3.25. The van der Waals surface area contributed by atoms with E-state index >= 15 is 0 Å². The summed E-state index contributed by atoms with van der Waals surface area (Å²) in [7, 11) is 0. The number of nitro groups is 1. The quantitative estimate of drug-likeness (QED) is 0.601. The summed E-state index contributed by atoms with van der Waals surface area (Å²) in [4.78, 5) is 35.5. The van der Waals surface area contributed by atoms with Gasteiger partial charge in [-0.25, -0.2) is 4.79 Å². The summed E-state index contributed by atoms with van der Waals surface area (Å²) in [6.07, 6.45) is -0.295. The highest BCUT2D eigenvalue weighted by Gasteiger charge is 2.20. The van der Waals surface area contributed by atoms with Crippen molar-refractivity contribution in [2.24, 2.45) is 0 Å². The van der Waals surface area contributed by atoms with Crippen molar-refractivity contribution in [2.75, 3.05) is 19.6 Å². The first-order chi connectivity index (χ1) is 11.6. The molecule has 0 atom stereocenters. The molecule has 0 aromatic heterocycles. The number of nitrogens with zero attached hydrogens (tertiary/aromatic N) is 2. The molecule has 25 heavy (non-hydrogen) atoms. The van der Waals surface area contributed by atoms with Crippen molar-refractivity contribution in [3.8, 4) is 0 Å². The first-order valence-corrected chi connectivity index (χ1v) is 8.10. The number of likely N-dealkylation sites (N-methyl/N-ethyl adjacent to an activating group) is 1. The Bertz CT molecular complexity index is 608. The second-order valence-electron chi connectivity index (χ2n) is 6.51. The van der Waals surface area contributed by atoms with E-state index in [-0.39, 0.29) is 18.0 Å². The predicted molar refractivity (Wildman–Crippen MR) is 93.3 cm³/mol.